The third kappa shape index (κ3) is 4.40. The lowest BCUT2D eigenvalue weighted by Gasteiger charge is -2.11. The maximum atomic E-state index is 13.2. The Labute approximate surface area is 181 Å². The van der Waals surface area contributed by atoms with E-state index in [1.54, 1.807) is 6.08 Å². The van der Waals surface area contributed by atoms with Gasteiger partial charge in [0.15, 0.2) is 5.78 Å². The monoisotopic (exact) mass is 409 g/mol. The van der Waals surface area contributed by atoms with E-state index in [1.807, 2.05) is 104 Å². The van der Waals surface area contributed by atoms with Gasteiger partial charge >= 0.3 is 0 Å². The lowest BCUT2D eigenvalue weighted by molar-refractivity contribution is 0.104. The highest BCUT2D eigenvalue weighted by molar-refractivity contribution is 6.30. The van der Waals surface area contributed by atoms with Gasteiger partial charge in [-0.05, 0) is 47.9 Å². The molecule has 0 saturated heterocycles. The van der Waals surface area contributed by atoms with E-state index in [0.29, 0.717) is 16.3 Å². The second kappa shape index (κ2) is 8.89. The number of carbonyl (C=O) groups excluding carboxylic acids is 1. The molecule has 1 heterocycles. The minimum atomic E-state index is -0.0645. The lowest BCUT2D eigenvalue weighted by Crippen LogP contribution is -2.05. The average molecular weight is 410 g/mol. The Morgan fingerprint density at radius 3 is 2.23 bits per heavy atom. The molecule has 0 unspecified atom stereocenters. The summed E-state index contributed by atoms with van der Waals surface area (Å²) in [5, 5.41) is 1.64. The summed E-state index contributed by atoms with van der Waals surface area (Å²) >= 11 is 6.00. The Morgan fingerprint density at radius 2 is 1.47 bits per heavy atom. The van der Waals surface area contributed by atoms with Crippen LogP contribution in [0.4, 0.5) is 0 Å². The predicted molar refractivity (Wildman–Crippen MR) is 127 cm³/mol. The molecule has 0 radical (unpaired) electrons. The Bertz CT molecular complexity index is 1260. The largest absolute Gasteiger partial charge is 0.289 e. The van der Waals surface area contributed by atoms with E-state index in [0.717, 1.165) is 27.6 Å². The highest BCUT2D eigenvalue weighted by Gasteiger charge is 2.15. The number of nitrogens with zero attached hydrogens (tertiary/aromatic N) is 1. The molecule has 0 aliphatic rings. The number of aromatic nitrogens is 1. The molecule has 0 aliphatic heterocycles. The van der Waals surface area contributed by atoms with Crippen molar-refractivity contribution in [2.24, 2.45) is 0 Å². The molecule has 0 atom stereocenters. The van der Waals surface area contributed by atoms with E-state index in [-0.39, 0.29) is 5.78 Å². The number of ketones is 1. The topological polar surface area (TPSA) is 30.0 Å². The summed E-state index contributed by atoms with van der Waals surface area (Å²) in [6.45, 7) is 1.88. The van der Waals surface area contributed by atoms with Crippen LogP contribution in [-0.2, 0) is 0 Å². The summed E-state index contributed by atoms with van der Waals surface area (Å²) in [5.41, 5.74) is 5.06. The van der Waals surface area contributed by atoms with E-state index >= 15 is 0 Å². The van der Waals surface area contributed by atoms with Crippen molar-refractivity contribution in [2.75, 3.05) is 0 Å². The highest BCUT2D eigenvalue weighted by Crippen LogP contribution is 2.27. The molecule has 0 bridgehead atoms. The van der Waals surface area contributed by atoms with Crippen LogP contribution < -0.4 is 0 Å². The Kier molecular flexibility index (Phi) is 5.87. The van der Waals surface area contributed by atoms with Gasteiger partial charge in [-0.3, -0.25) is 9.78 Å². The quantitative estimate of drug-likeness (QED) is 0.256. The van der Waals surface area contributed by atoms with Gasteiger partial charge in [0.1, 0.15) is 0 Å². The molecule has 0 amide bonds. The molecule has 3 aromatic carbocycles. The number of hydrogen-bond donors (Lipinski definition) is 0. The number of hydrogen-bond acceptors (Lipinski definition) is 2. The number of para-hydroxylation sites is 1. The van der Waals surface area contributed by atoms with Crippen LogP contribution in [-0.4, -0.2) is 10.8 Å². The first-order valence-corrected chi connectivity index (χ1v) is 10.1. The van der Waals surface area contributed by atoms with Crippen LogP contribution in [0.25, 0.3) is 29.1 Å². The van der Waals surface area contributed by atoms with Gasteiger partial charge in [-0.2, -0.15) is 0 Å². The highest BCUT2D eigenvalue weighted by atomic mass is 35.5. The molecule has 0 N–H and O–H groups in total. The van der Waals surface area contributed by atoms with Crippen LogP contribution in [0.15, 0.2) is 84.9 Å². The van der Waals surface area contributed by atoms with E-state index in [2.05, 4.69) is 4.98 Å². The van der Waals surface area contributed by atoms with Crippen molar-refractivity contribution in [1.82, 2.24) is 4.98 Å². The van der Waals surface area contributed by atoms with Crippen LogP contribution in [0.2, 0.25) is 5.02 Å². The molecule has 1 aromatic heterocycles. The predicted octanol–water partition coefficient (Wildman–Crippen LogP) is 7.26. The van der Waals surface area contributed by atoms with Crippen molar-refractivity contribution in [1.29, 1.82) is 0 Å². The van der Waals surface area contributed by atoms with Gasteiger partial charge in [0.05, 0.1) is 11.1 Å². The number of benzene rings is 3. The first-order chi connectivity index (χ1) is 14.6. The van der Waals surface area contributed by atoms with Gasteiger partial charge in [-0.25, -0.2) is 0 Å². The summed E-state index contributed by atoms with van der Waals surface area (Å²) in [4.78, 5) is 17.9. The summed E-state index contributed by atoms with van der Waals surface area (Å²) in [6, 6.07) is 25.3. The molecule has 146 valence electrons. The molecule has 2 nitrogen and oxygen atoms in total. The number of allylic oxidation sites excluding steroid dienone is 1. The molecule has 3 heteroatoms. The zero-order valence-electron chi connectivity index (χ0n) is 16.5. The lowest BCUT2D eigenvalue weighted by atomic mass is 9.96. The fraction of sp³-hybridized carbons (Fsp3) is 0.0370. The molecule has 0 aliphatic carbocycles. The number of halogens is 1. The van der Waals surface area contributed by atoms with E-state index in [9.17, 15) is 4.79 Å². The zero-order chi connectivity index (χ0) is 20.9. The van der Waals surface area contributed by atoms with Crippen molar-refractivity contribution in [3.8, 4) is 0 Å². The van der Waals surface area contributed by atoms with Gasteiger partial charge < -0.3 is 0 Å². The number of aryl methyl sites for hydroxylation is 1. The van der Waals surface area contributed by atoms with Crippen LogP contribution in [0.1, 0.15) is 32.7 Å². The fourth-order valence-corrected chi connectivity index (χ4v) is 3.55. The van der Waals surface area contributed by atoms with Gasteiger partial charge in [0, 0.05) is 16.1 Å². The second-order valence-corrected chi connectivity index (χ2v) is 7.43. The Morgan fingerprint density at radius 1 is 0.800 bits per heavy atom. The van der Waals surface area contributed by atoms with Crippen LogP contribution in [0.5, 0.6) is 0 Å². The number of carbonyl (C=O) groups is 1. The third-order valence-corrected chi connectivity index (χ3v) is 5.15. The summed E-state index contributed by atoms with van der Waals surface area (Å²) in [7, 11) is 0. The SMILES string of the molecule is Cc1nc2ccccc2c(/C=C/c2ccc(Cl)cc2)c1C(=O)/C=C/c1ccccc1. The summed E-state index contributed by atoms with van der Waals surface area (Å²) in [6.07, 6.45) is 7.44. The molecule has 4 aromatic rings. The summed E-state index contributed by atoms with van der Waals surface area (Å²) < 4.78 is 0. The molecule has 0 spiro atoms. The third-order valence-electron chi connectivity index (χ3n) is 4.90. The normalized spacial score (nSPS) is 11.5. The van der Waals surface area contributed by atoms with Crippen molar-refractivity contribution >= 4 is 46.5 Å². The van der Waals surface area contributed by atoms with Crippen LogP contribution in [0.3, 0.4) is 0 Å². The smallest absolute Gasteiger partial charge is 0.188 e. The maximum absolute atomic E-state index is 13.2. The van der Waals surface area contributed by atoms with Crippen molar-refractivity contribution in [2.45, 2.75) is 6.92 Å². The Balaban J connectivity index is 1.81. The molecular formula is C27H20ClNO. The molecule has 0 saturated carbocycles. The van der Waals surface area contributed by atoms with Crippen molar-refractivity contribution < 1.29 is 4.79 Å². The average Bonchev–Trinajstić information content (AvgIpc) is 2.77. The minimum absolute atomic E-state index is 0.0645. The van der Waals surface area contributed by atoms with Crippen molar-refractivity contribution in [3.63, 3.8) is 0 Å². The van der Waals surface area contributed by atoms with Crippen LogP contribution >= 0.6 is 11.6 Å². The first-order valence-electron chi connectivity index (χ1n) is 9.72. The number of rotatable bonds is 5. The second-order valence-electron chi connectivity index (χ2n) is 7.00. The van der Waals surface area contributed by atoms with Gasteiger partial charge in [0.25, 0.3) is 0 Å². The van der Waals surface area contributed by atoms with E-state index < -0.39 is 0 Å². The van der Waals surface area contributed by atoms with Gasteiger partial charge in [-0.1, -0.05) is 90.5 Å². The molecule has 4 rings (SSSR count). The van der Waals surface area contributed by atoms with Crippen LogP contribution in [0, 0.1) is 6.92 Å². The standard InChI is InChI=1S/C27H20ClNO/c1-19-27(26(30)18-14-20-7-3-2-4-8-20)24(23-9-5-6-10-25(23)29-19)17-13-21-11-15-22(28)16-12-21/h2-18H,1H3/b17-13+,18-14+. The minimum Gasteiger partial charge on any atom is -0.289 e. The molecular weight excluding hydrogens is 390 g/mol. The Hall–Kier alpha value is -3.49. The van der Waals surface area contributed by atoms with Gasteiger partial charge in [0.2, 0.25) is 0 Å². The molecule has 30 heavy (non-hydrogen) atoms. The van der Waals surface area contributed by atoms with E-state index in [1.165, 1.54) is 0 Å². The first kappa shape index (κ1) is 19.8. The maximum Gasteiger partial charge on any atom is 0.188 e. The van der Waals surface area contributed by atoms with Gasteiger partial charge in [-0.15, -0.1) is 0 Å². The molecule has 0 fully saturated rings. The summed E-state index contributed by atoms with van der Waals surface area (Å²) in [5.74, 6) is -0.0645. The fourth-order valence-electron chi connectivity index (χ4n) is 3.42. The van der Waals surface area contributed by atoms with E-state index in [4.69, 9.17) is 11.6 Å². The van der Waals surface area contributed by atoms with Crippen molar-refractivity contribution in [3.05, 3.63) is 118 Å². The number of pyridine rings is 1. The number of fused-ring (bicyclic) bond motifs is 1. The zero-order valence-corrected chi connectivity index (χ0v) is 17.3.